The normalized spacial score (nSPS) is 15.2. The summed E-state index contributed by atoms with van der Waals surface area (Å²) in [7, 11) is 2.04. The quantitative estimate of drug-likeness (QED) is 0.757. The Bertz CT molecular complexity index is 407. The third-order valence-corrected chi connectivity index (χ3v) is 3.32. The van der Waals surface area contributed by atoms with Crippen LogP contribution in [0.2, 0.25) is 0 Å². The van der Waals surface area contributed by atoms with E-state index in [-0.39, 0.29) is 6.10 Å². The number of anilines is 1. The molecule has 0 amide bonds. The molecule has 1 aliphatic carbocycles. The standard InChI is InChI=1S/C13H20BrN3O/c1-9(2)18-7-6-17(3)12-8-11(14)15-13(16-12)10-4-5-10/h8-10H,4-7H2,1-3H3. The number of hydrogen-bond donors (Lipinski definition) is 0. The minimum Gasteiger partial charge on any atom is -0.377 e. The van der Waals surface area contributed by atoms with Crippen LogP contribution in [0.3, 0.4) is 0 Å². The molecule has 0 unspecified atom stereocenters. The lowest BCUT2D eigenvalue weighted by Crippen LogP contribution is -2.25. The monoisotopic (exact) mass is 313 g/mol. The van der Waals surface area contributed by atoms with Crippen molar-refractivity contribution in [1.82, 2.24) is 9.97 Å². The van der Waals surface area contributed by atoms with Crippen LogP contribution < -0.4 is 4.90 Å². The predicted octanol–water partition coefficient (Wildman–Crippen LogP) is 2.98. The summed E-state index contributed by atoms with van der Waals surface area (Å²) in [5.74, 6) is 2.50. The Morgan fingerprint density at radius 3 is 2.78 bits per heavy atom. The average Bonchev–Trinajstić information content (AvgIpc) is 3.11. The Morgan fingerprint density at radius 2 is 2.17 bits per heavy atom. The maximum absolute atomic E-state index is 5.56. The lowest BCUT2D eigenvalue weighted by Gasteiger charge is -2.19. The number of halogens is 1. The smallest absolute Gasteiger partial charge is 0.135 e. The van der Waals surface area contributed by atoms with Crippen LogP contribution in [0.25, 0.3) is 0 Å². The van der Waals surface area contributed by atoms with Crippen molar-refractivity contribution in [3.63, 3.8) is 0 Å². The van der Waals surface area contributed by atoms with Gasteiger partial charge in [0.25, 0.3) is 0 Å². The van der Waals surface area contributed by atoms with Gasteiger partial charge in [-0.05, 0) is 42.6 Å². The first-order chi connectivity index (χ1) is 8.56. The molecule has 5 heteroatoms. The molecule has 4 nitrogen and oxygen atoms in total. The lowest BCUT2D eigenvalue weighted by atomic mass is 10.4. The van der Waals surface area contributed by atoms with E-state index in [1.807, 2.05) is 27.0 Å². The molecule has 1 aromatic heterocycles. The zero-order chi connectivity index (χ0) is 13.1. The fourth-order valence-corrected chi connectivity index (χ4v) is 2.07. The maximum atomic E-state index is 5.56. The van der Waals surface area contributed by atoms with Crippen molar-refractivity contribution in [3.8, 4) is 0 Å². The second-order valence-corrected chi connectivity index (χ2v) is 5.83. The van der Waals surface area contributed by atoms with E-state index in [9.17, 15) is 0 Å². The SMILES string of the molecule is CC(C)OCCN(C)c1cc(Br)nc(C2CC2)n1. The Hall–Kier alpha value is -0.680. The van der Waals surface area contributed by atoms with Crippen molar-refractivity contribution < 1.29 is 4.74 Å². The highest BCUT2D eigenvalue weighted by atomic mass is 79.9. The number of hydrogen-bond acceptors (Lipinski definition) is 4. The van der Waals surface area contributed by atoms with Crippen molar-refractivity contribution in [3.05, 3.63) is 16.5 Å². The summed E-state index contributed by atoms with van der Waals surface area (Å²) < 4.78 is 6.42. The number of aromatic nitrogens is 2. The number of nitrogens with zero attached hydrogens (tertiary/aromatic N) is 3. The number of likely N-dealkylation sites (N-methyl/N-ethyl adjacent to an activating group) is 1. The van der Waals surface area contributed by atoms with Crippen LogP contribution in [0.1, 0.15) is 38.4 Å². The highest BCUT2D eigenvalue weighted by Gasteiger charge is 2.27. The van der Waals surface area contributed by atoms with E-state index in [4.69, 9.17) is 4.74 Å². The van der Waals surface area contributed by atoms with Crippen LogP contribution in [0.5, 0.6) is 0 Å². The zero-order valence-corrected chi connectivity index (χ0v) is 12.8. The van der Waals surface area contributed by atoms with Crippen LogP contribution in [-0.4, -0.2) is 36.3 Å². The van der Waals surface area contributed by atoms with Crippen molar-refractivity contribution in [2.45, 2.75) is 38.7 Å². The van der Waals surface area contributed by atoms with Crippen LogP contribution in [0, 0.1) is 0 Å². The van der Waals surface area contributed by atoms with Gasteiger partial charge in [0.2, 0.25) is 0 Å². The van der Waals surface area contributed by atoms with Crippen molar-refractivity contribution in [2.75, 3.05) is 25.1 Å². The fraction of sp³-hybridized carbons (Fsp3) is 0.692. The van der Waals surface area contributed by atoms with E-state index in [2.05, 4.69) is 30.8 Å². The van der Waals surface area contributed by atoms with Crippen molar-refractivity contribution >= 4 is 21.7 Å². The average molecular weight is 314 g/mol. The number of ether oxygens (including phenoxy) is 1. The minimum atomic E-state index is 0.276. The molecule has 0 spiro atoms. The van der Waals surface area contributed by atoms with E-state index in [1.165, 1.54) is 12.8 Å². The molecule has 1 aromatic rings. The van der Waals surface area contributed by atoms with Gasteiger partial charge in [0.05, 0.1) is 12.7 Å². The molecule has 0 aromatic carbocycles. The third-order valence-electron chi connectivity index (χ3n) is 2.91. The summed E-state index contributed by atoms with van der Waals surface area (Å²) >= 11 is 3.46. The van der Waals surface area contributed by atoms with E-state index >= 15 is 0 Å². The first-order valence-electron chi connectivity index (χ1n) is 6.43. The summed E-state index contributed by atoms with van der Waals surface area (Å²) in [6, 6.07) is 1.96. The Morgan fingerprint density at radius 1 is 1.44 bits per heavy atom. The molecule has 0 radical (unpaired) electrons. The molecule has 1 aliphatic rings. The molecule has 0 saturated heterocycles. The first kappa shape index (κ1) is 13.7. The van der Waals surface area contributed by atoms with Crippen LogP contribution in [0.15, 0.2) is 10.7 Å². The maximum Gasteiger partial charge on any atom is 0.135 e. The highest BCUT2D eigenvalue weighted by molar-refractivity contribution is 9.10. The Balaban J connectivity index is 1.98. The largest absolute Gasteiger partial charge is 0.377 e. The van der Waals surface area contributed by atoms with E-state index in [0.717, 1.165) is 22.8 Å². The van der Waals surface area contributed by atoms with Gasteiger partial charge in [-0.25, -0.2) is 9.97 Å². The molecule has 0 N–H and O–H groups in total. The van der Waals surface area contributed by atoms with E-state index in [0.29, 0.717) is 12.5 Å². The van der Waals surface area contributed by atoms with Gasteiger partial charge in [-0.15, -0.1) is 0 Å². The lowest BCUT2D eigenvalue weighted by molar-refractivity contribution is 0.0845. The molecule has 1 saturated carbocycles. The molecule has 18 heavy (non-hydrogen) atoms. The van der Waals surface area contributed by atoms with Gasteiger partial charge in [0.15, 0.2) is 0 Å². The summed E-state index contributed by atoms with van der Waals surface area (Å²) in [5, 5.41) is 0. The molecular weight excluding hydrogens is 294 g/mol. The van der Waals surface area contributed by atoms with Crippen LogP contribution in [0.4, 0.5) is 5.82 Å². The number of rotatable bonds is 6. The third kappa shape index (κ3) is 3.92. The van der Waals surface area contributed by atoms with Gasteiger partial charge in [-0.1, -0.05) is 0 Å². The molecule has 100 valence electrons. The van der Waals surface area contributed by atoms with E-state index < -0.39 is 0 Å². The molecule has 0 aliphatic heterocycles. The summed E-state index contributed by atoms with van der Waals surface area (Å²) in [6.07, 6.45) is 2.71. The van der Waals surface area contributed by atoms with Gasteiger partial charge < -0.3 is 9.64 Å². The van der Waals surface area contributed by atoms with Crippen molar-refractivity contribution in [1.29, 1.82) is 0 Å². The van der Waals surface area contributed by atoms with Crippen LogP contribution in [-0.2, 0) is 4.74 Å². The van der Waals surface area contributed by atoms with Crippen LogP contribution >= 0.6 is 15.9 Å². The molecular formula is C13H20BrN3O. The Kier molecular flexibility index (Phi) is 4.56. The van der Waals surface area contributed by atoms with Crippen molar-refractivity contribution in [2.24, 2.45) is 0 Å². The highest BCUT2D eigenvalue weighted by Crippen LogP contribution is 2.39. The van der Waals surface area contributed by atoms with E-state index in [1.54, 1.807) is 0 Å². The predicted molar refractivity (Wildman–Crippen MR) is 76.1 cm³/mol. The molecule has 1 fully saturated rings. The Labute approximate surface area is 117 Å². The molecule has 0 atom stereocenters. The van der Waals surface area contributed by atoms with Gasteiger partial charge >= 0.3 is 0 Å². The molecule has 2 rings (SSSR count). The first-order valence-corrected chi connectivity index (χ1v) is 7.23. The molecule has 0 bridgehead atoms. The topological polar surface area (TPSA) is 38.2 Å². The molecule has 1 heterocycles. The summed E-state index contributed by atoms with van der Waals surface area (Å²) in [4.78, 5) is 11.2. The van der Waals surface area contributed by atoms with Gasteiger partial charge in [-0.3, -0.25) is 0 Å². The minimum absolute atomic E-state index is 0.276. The zero-order valence-electron chi connectivity index (χ0n) is 11.2. The van der Waals surface area contributed by atoms with Gasteiger partial charge in [0, 0.05) is 25.6 Å². The second kappa shape index (κ2) is 5.97. The van der Waals surface area contributed by atoms with Gasteiger partial charge in [-0.2, -0.15) is 0 Å². The second-order valence-electron chi connectivity index (χ2n) is 5.02. The summed E-state index contributed by atoms with van der Waals surface area (Å²) in [5.41, 5.74) is 0. The summed E-state index contributed by atoms with van der Waals surface area (Å²) in [6.45, 7) is 5.65. The fourth-order valence-electron chi connectivity index (χ4n) is 1.68. The van der Waals surface area contributed by atoms with Gasteiger partial charge in [0.1, 0.15) is 16.2 Å².